The van der Waals surface area contributed by atoms with E-state index in [9.17, 15) is 8.42 Å². The standard InChI is InChI=1S/C22H23NO5S/c1-15-8-10-19(11-9-15)29(24,25)23-18-7-5-6-16(12-18)17-13-20(26-2)22(28-4)21(14-17)27-3/h5-14,23H,1-4H3. The summed E-state index contributed by atoms with van der Waals surface area (Å²) in [5.41, 5.74) is 3.05. The second-order valence-corrected chi connectivity index (χ2v) is 8.10. The Labute approximate surface area is 171 Å². The van der Waals surface area contributed by atoms with Crippen LogP contribution in [0.1, 0.15) is 5.56 Å². The minimum atomic E-state index is -3.68. The van der Waals surface area contributed by atoms with E-state index in [0.717, 1.165) is 16.7 Å². The number of hydrogen-bond acceptors (Lipinski definition) is 5. The molecular weight excluding hydrogens is 390 g/mol. The Kier molecular flexibility index (Phi) is 5.98. The molecule has 3 rings (SSSR count). The molecule has 0 aliphatic rings. The van der Waals surface area contributed by atoms with Crippen LogP contribution >= 0.6 is 0 Å². The zero-order chi connectivity index (χ0) is 21.0. The predicted molar refractivity (Wildman–Crippen MR) is 114 cm³/mol. The van der Waals surface area contributed by atoms with Crippen molar-refractivity contribution in [2.24, 2.45) is 0 Å². The molecule has 0 spiro atoms. The molecule has 7 heteroatoms. The average molecular weight is 413 g/mol. The van der Waals surface area contributed by atoms with Gasteiger partial charge in [0.05, 0.1) is 26.2 Å². The fourth-order valence-electron chi connectivity index (χ4n) is 2.94. The Hall–Kier alpha value is -3.19. The molecule has 0 atom stereocenters. The van der Waals surface area contributed by atoms with Crippen LogP contribution in [0.2, 0.25) is 0 Å². The molecule has 0 bridgehead atoms. The largest absolute Gasteiger partial charge is 0.493 e. The molecule has 3 aromatic carbocycles. The number of methoxy groups -OCH3 is 3. The molecule has 0 aliphatic heterocycles. The maximum atomic E-state index is 12.7. The van der Waals surface area contributed by atoms with Crippen LogP contribution in [0.3, 0.4) is 0 Å². The Morgan fingerprint density at radius 2 is 1.38 bits per heavy atom. The first-order valence-electron chi connectivity index (χ1n) is 8.88. The van der Waals surface area contributed by atoms with E-state index in [0.29, 0.717) is 22.9 Å². The lowest BCUT2D eigenvalue weighted by Crippen LogP contribution is -2.12. The maximum absolute atomic E-state index is 12.7. The minimum absolute atomic E-state index is 0.210. The van der Waals surface area contributed by atoms with Gasteiger partial charge in [0, 0.05) is 5.69 Å². The van der Waals surface area contributed by atoms with Crippen molar-refractivity contribution in [1.29, 1.82) is 0 Å². The monoisotopic (exact) mass is 413 g/mol. The van der Waals surface area contributed by atoms with Gasteiger partial charge in [0.1, 0.15) is 0 Å². The topological polar surface area (TPSA) is 73.9 Å². The van der Waals surface area contributed by atoms with Crippen molar-refractivity contribution in [3.8, 4) is 28.4 Å². The van der Waals surface area contributed by atoms with Gasteiger partial charge in [-0.3, -0.25) is 4.72 Å². The first-order chi connectivity index (χ1) is 13.9. The molecule has 29 heavy (non-hydrogen) atoms. The number of aryl methyl sites for hydroxylation is 1. The van der Waals surface area contributed by atoms with Gasteiger partial charge in [0.2, 0.25) is 5.75 Å². The average Bonchev–Trinajstić information content (AvgIpc) is 2.72. The molecule has 0 radical (unpaired) electrons. The van der Waals surface area contributed by atoms with E-state index in [4.69, 9.17) is 14.2 Å². The van der Waals surface area contributed by atoms with E-state index >= 15 is 0 Å². The number of ether oxygens (including phenoxy) is 3. The first kappa shape index (κ1) is 20.5. The van der Waals surface area contributed by atoms with Crippen LogP contribution in [0.5, 0.6) is 17.2 Å². The third kappa shape index (κ3) is 4.46. The van der Waals surface area contributed by atoms with Crippen molar-refractivity contribution < 1.29 is 22.6 Å². The van der Waals surface area contributed by atoms with Gasteiger partial charge in [-0.05, 0) is 54.4 Å². The number of benzene rings is 3. The molecule has 6 nitrogen and oxygen atoms in total. The van der Waals surface area contributed by atoms with E-state index in [1.54, 1.807) is 63.8 Å². The van der Waals surface area contributed by atoms with Crippen LogP contribution in [0.15, 0.2) is 65.6 Å². The van der Waals surface area contributed by atoms with Crippen LogP contribution < -0.4 is 18.9 Å². The highest BCUT2D eigenvalue weighted by molar-refractivity contribution is 7.92. The summed E-state index contributed by atoms with van der Waals surface area (Å²) in [6.07, 6.45) is 0. The van der Waals surface area contributed by atoms with Crippen molar-refractivity contribution in [3.63, 3.8) is 0 Å². The molecule has 0 saturated carbocycles. The second-order valence-electron chi connectivity index (χ2n) is 6.41. The van der Waals surface area contributed by atoms with Crippen LogP contribution in [-0.4, -0.2) is 29.7 Å². The summed E-state index contributed by atoms with van der Waals surface area (Å²) in [5, 5.41) is 0. The molecule has 0 aliphatic carbocycles. The fourth-order valence-corrected chi connectivity index (χ4v) is 3.99. The number of anilines is 1. The summed E-state index contributed by atoms with van der Waals surface area (Å²) in [6.45, 7) is 1.91. The lowest BCUT2D eigenvalue weighted by Gasteiger charge is -2.15. The molecule has 0 saturated heterocycles. The molecule has 1 N–H and O–H groups in total. The zero-order valence-corrected chi connectivity index (χ0v) is 17.5. The highest BCUT2D eigenvalue weighted by Crippen LogP contribution is 2.41. The SMILES string of the molecule is COc1cc(-c2cccc(NS(=O)(=O)c3ccc(C)cc3)c2)cc(OC)c1OC. The third-order valence-electron chi connectivity index (χ3n) is 4.44. The Morgan fingerprint density at radius 3 is 1.93 bits per heavy atom. The number of hydrogen-bond donors (Lipinski definition) is 1. The molecule has 0 fully saturated rings. The van der Waals surface area contributed by atoms with Crippen LogP contribution in [-0.2, 0) is 10.0 Å². The van der Waals surface area contributed by atoms with E-state index < -0.39 is 10.0 Å². The predicted octanol–water partition coefficient (Wildman–Crippen LogP) is 4.49. The Morgan fingerprint density at radius 1 is 0.759 bits per heavy atom. The van der Waals surface area contributed by atoms with E-state index in [1.165, 1.54) is 0 Å². The Balaban J connectivity index is 1.97. The van der Waals surface area contributed by atoms with Gasteiger partial charge in [0.15, 0.2) is 11.5 Å². The molecule has 0 unspecified atom stereocenters. The highest BCUT2D eigenvalue weighted by Gasteiger charge is 2.16. The molecule has 0 heterocycles. The number of nitrogens with one attached hydrogen (secondary N) is 1. The molecule has 0 aromatic heterocycles. The van der Waals surface area contributed by atoms with Crippen LogP contribution in [0.4, 0.5) is 5.69 Å². The van der Waals surface area contributed by atoms with Gasteiger partial charge in [-0.15, -0.1) is 0 Å². The fraction of sp³-hybridized carbons (Fsp3) is 0.182. The minimum Gasteiger partial charge on any atom is -0.493 e. The second kappa shape index (κ2) is 8.45. The summed E-state index contributed by atoms with van der Waals surface area (Å²) in [6, 6.07) is 17.4. The lowest BCUT2D eigenvalue weighted by molar-refractivity contribution is 0.324. The smallest absolute Gasteiger partial charge is 0.261 e. The third-order valence-corrected chi connectivity index (χ3v) is 5.84. The summed E-state index contributed by atoms with van der Waals surface area (Å²) in [7, 11) is 0.955. The van der Waals surface area contributed by atoms with E-state index in [2.05, 4.69) is 4.72 Å². The van der Waals surface area contributed by atoms with Gasteiger partial charge in [-0.1, -0.05) is 29.8 Å². The quantitative estimate of drug-likeness (QED) is 0.618. The van der Waals surface area contributed by atoms with Gasteiger partial charge in [-0.2, -0.15) is 0 Å². The first-order valence-corrected chi connectivity index (χ1v) is 10.4. The zero-order valence-electron chi connectivity index (χ0n) is 16.7. The van der Waals surface area contributed by atoms with Crippen molar-refractivity contribution >= 4 is 15.7 Å². The summed E-state index contributed by atoms with van der Waals surface area (Å²) >= 11 is 0. The van der Waals surface area contributed by atoms with Crippen LogP contribution in [0, 0.1) is 6.92 Å². The van der Waals surface area contributed by atoms with Gasteiger partial charge >= 0.3 is 0 Å². The molecule has 152 valence electrons. The number of sulfonamides is 1. The van der Waals surface area contributed by atoms with Crippen LogP contribution in [0.25, 0.3) is 11.1 Å². The van der Waals surface area contributed by atoms with E-state index in [1.807, 2.05) is 25.1 Å². The van der Waals surface area contributed by atoms with Crippen molar-refractivity contribution in [2.45, 2.75) is 11.8 Å². The van der Waals surface area contributed by atoms with Gasteiger partial charge in [-0.25, -0.2) is 8.42 Å². The molecule has 0 amide bonds. The van der Waals surface area contributed by atoms with Gasteiger partial charge < -0.3 is 14.2 Å². The van der Waals surface area contributed by atoms with Gasteiger partial charge in [0.25, 0.3) is 10.0 Å². The Bertz CT molecular complexity index is 1080. The van der Waals surface area contributed by atoms with Crippen molar-refractivity contribution in [2.75, 3.05) is 26.1 Å². The highest BCUT2D eigenvalue weighted by atomic mass is 32.2. The number of rotatable bonds is 7. The maximum Gasteiger partial charge on any atom is 0.261 e. The summed E-state index contributed by atoms with van der Waals surface area (Å²) in [4.78, 5) is 0.210. The molecular formula is C22H23NO5S. The van der Waals surface area contributed by atoms with Crippen molar-refractivity contribution in [1.82, 2.24) is 0 Å². The summed E-state index contributed by atoms with van der Waals surface area (Å²) < 4.78 is 44.1. The summed E-state index contributed by atoms with van der Waals surface area (Å²) in [5.74, 6) is 1.54. The molecule has 3 aromatic rings. The lowest BCUT2D eigenvalue weighted by atomic mass is 10.0. The normalized spacial score (nSPS) is 11.0. The van der Waals surface area contributed by atoms with E-state index in [-0.39, 0.29) is 4.90 Å². The van der Waals surface area contributed by atoms with Crippen molar-refractivity contribution in [3.05, 3.63) is 66.2 Å².